The Morgan fingerprint density at radius 1 is 0.446 bits per heavy atom. The average Bonchev–Trinajstić information content (AvgIpc) is 4.25. The maximum atomic E-state index is 4.81. The molecule has 1 spiro atoms. The normalized spacial score (nSPS) is 21.8. The molecule has 3 atom stereocenters. The van der Waals surface area contributed by atoms with Crippen molar-refractivity contribution >= 4 is 16.7 Å². The minimum atomic E-state index is -0.275. The van der Waals surface area contributed by atoms with E-state index in [2.05, 4.69) is 204 Å². The molecular formula is C68H44N6. The molecule has 3 unspecified atom stereocenters. The van der Waals surface area contributed by atoms with Crippen LogP contribution in [0.3, 0.4) is 0 Å². The van der Waals surface area contributed by atoms with Crippen LogP contribution in [0.15, 0.2) is 270 Å². The molecule has 6 nitrogen and oxygen atoms in total. The van der Waals surface area contributed by atoms with E-state index in [9.17, 15) is 0 Å². The summed E-state index contributed by atoms with van der Waals surface area (Å²) >= 11 is 0. The van der Waals surface area contributed by atoms with Crippen LogP contribution in [0.25, 0.3) is 50.6 Å². The standard InChI is InChI=1S/C68H44N6/c1-2-15-43(16-3-1)59-51-34-53(66-71-36-69-37-72-66)54(67-73-38-70-39-74-67)35-52(51)64-63(50-23-12-26-57-62(50)49-22-7-9-25-56(49)68(57)30-29-41-14-6-8-24-55(41)68)60(47-28-27-40-13-4-5-17-44(40)31-47)61(65(59)64)48-32-45-20-10-18-42-19-11-21-46(33-48)58(42)45/h1-12,14-28,31-40,58H,13,29-30H2. The van der Waals surface area contributed by atoms with Crippen molar-refractivity contribution < 1.29 is 0 Å². The lowest BCUT2D eigenvalue weighted by Crippen LogP contribution is -2.23. The summed E-state index contributed by atoms with van der Waals surface area (Å²) in [5, 5.41) is 0. The number of hydrogen-bond acceptors (Lipinski definition) is 6. The number of nitrogens with zero attached hydrogens (tertiary/aromatic N) is 6. The third-order valence-electron chi connectivity index (χ3n) is 16.9. The van der Waals surface area contributed by atoms with E-state index in [1.807, 2.05) is 0 Å². The van der Waals surface area contributed by atoms with Crippen molar-refractivity contribution in [1.29, 1.82) is 0 Å². The van der Waals surface area contributed by atoms with E-state index in [0.717, 1.165) is 47.1 Å². The number of allylic oxidation sites excluding steroid dienone is 25. The fraction of sp³-hybridized carbons (Fsp3) is 0.0882. The third-order valence-corrected chi connectivity index (χ3v) is 16.9. The van der Waals surface area contributed by atoms with Crippen LogP contribution in [0, 0.1) is 11.8 Å². The summed E-state index contributed by atoms with van der Waals surface area (Å²) in [5.41, 5.74) is 29.2. The van der Waals surface area contributed by atoms with Crippen LogP contribution in [-0.4, -0.2) is 29.9 Å². The summed E-state index contributed by atoms with van der Waals surface area (Å²) in [6.07, 6.45) is 42.1. The zero-order chi connectivity index (χ0) is 48.5. The Labute approximate surface area is 429 Å². The minimum Gasteiger partial charge on any atom is -0.225 e. The topological polar surface area (TPSA) is 77.3 Å². The Bertz CT molecular complexity index is 4120. The van der Waals surface area contributed by atoms with Crippen molar-refractivity contribution in [1.82, 2.24) is 29.9 Å². The molecule has 16 rings (SSSR count). The van der Waals surface area contributed by atoms with Gasteiger partial charge >= 0.3 is 0 Å². The molecule has 2 heterocycles. The molecule has 0 aliphatic heterocycles. The van der Waals surface area contributed by atoms with Gasteiger partial charge < -0.3 is 0 Å². The zero-order valence-electron chi connectivity index (χ0n) is 40.2. The molecule has 0 saturated carbocycles. The van der Waals surface area contributed by atoms with Gasteiger partial charge in [0.05, 0.1) is 0 Å². The van der Waals surface area contributed by atoms with Gasteiger partial charge in [-0.15, -0.1) is 0 Å². The number of benzene rings is 5. The number of aryl methyl sites for hydroxylation is 1. The molecule has 2 aromatic heterocycles. The van der Waals surface area contributed by atoms with Crippen LogP contribution < -0.4 is 0 Å². The largest absolute Gasteiger partial charge is 0.225 e. The second kappa shape index (κ2) is 15.9. The van der Waals surface area contributed by atoms with Gasteiger partial charge in [0.1, 0.15) is 25.3 Å². The highest BCUT2D eigenvalue weighted by atomic mass is 15.0. The molecule has 9 aliphatic rings. The molecule has 0 saturated heterocycles. The Hall–Kier alpha value is -9.26. The molecule has 0 fully saturated rings. The van der Waals surface area contributed by atoms with Crippen molar-refractivity contribution in [3.05, 3.63) is 314 Å². The SMILES string of the molecule is C1=CCC2C=CC(C3=C(C4=CC5=CC=CC6=CC=CC(=C4)C65)C4=C(c5ccccc5)c5cc(-c6ncncn6)c(-c6ncncn6)cc5C4=C3c3cccc4c3-c3ccccc3C43CCc4ccccc43)=CC2=C1. The Kier molecular flexibility index (Phi) is 8.87. The Morgan fingerprint density at radius 3 is 1.89 bits per heavy atom. The molecule has 6 heteroatoms. The zero-order valence-corrected chi connectivity index (χ0v) is 40.2. The second-order valence-corrected chi connectivity index (χ2v) is 20.4. The monoisotopic (exact) mass is 944 g/mol. The van der Waals surface area contributed by atoms with Crippen LogP contribution in [-0.2, 0) is 11.8 Å². The summed E-state index contributed by atoms with van der Waals surface area (Å²) in [7, 11) is 0. The number of hydrogen-bond donors (Lipinski definition) is 0. The van der Waals surface area contributed by atoms with Gasteiger partial charge in [0.2, 0.25) is 0 Å². The summed E-state index contributed by atoms with van der Waals surface area (Å²) in [6, 6.07) is 41.2. The highest BCUT2D eigenvalue weighted by Gasteiger charge is 2.50. The van der Waals surface area contributed by atoms with E-state index in [-0.39, 0.29) is 11.3 Å². The van der Waals surface area contributed by atoms with Crippen LogP contribution in [0.5, 0.6) is 0 Å². The predicted octanol–water partition coefficient (Wildman–Crippen LogP) is 14.2. The molecular weight excluding hydrogens is 901 g/mol. The van der Waals surface area contributed by atoms with Gasteiger partial charge in [0.15, 0.2) is 11.6 Å². The van der Waals surface area contributed by atoms with Gasteiger partial charge in [0, 0.05) is 28.4 Å². The van der Waals surface area contributed by atoms with Crippen LogP contribution >= 0.6 is 0 Å². The molecule has 0 bridgehead atoms. The molecule has 9 aliphatic carbocycles. The fourth-order valence-corrected chi connectivity index (χ4v) is 13.9. The number of aromatic nitrogens is 6. The highest BCUT2D eigenvalue weighted by molar-refractivity contribution is 6.25. The quantitative estimate of drug-likeness (QED) is 0.165. The average molecular weight is 945 g/mol. The van der Waals surface area contributed by atoms with Crippen molar-refractivity contribution in [2.45, 2.75) is 24.7 Å². The summed E-state index contributed by atoms with van der Waals surface area (Å²) in [5.74, 6) is 1.62. The molecule has 5 aromatic carbocycles. The Balaban J connectivity index is 1.09. The molecule has 7 aromatic rings. The van der Waals surface area contributed by atoms with Gasteiger partial charge in [-0.25, -0.2) is 29.9 Å². The van der Waals surface area contributed by atoms with Crippen molar-refractivity contribution in [3.8, 4) is 33.9 Å². The summed E-state index contributed by atoms with van der Waals surface area (Å²) in [6.45, 7) is 0. The van der Waals surface area contributed by atoms with Gasteiger partial charge in [-0.2, -0.15) is 0 Å². The van der Waals surface area contributed by atoms with Crippen LogP contribution in [0.2, 0.25) is 0 Å². The smallest absolute Gasteiger partial charge is 0.163 e. The molecule has 74 heavy (non-hydrogen) atoms. The van der Waals surface area contributed by atoms with E-state index in [1.165, 1.54) is 106 Å². The second-order valence-electron chi connectivity index (χ2n) is 20.4. The van der Waals surface area contributed by atoms with Gasteiger partial charge in [-0.1, -0.05) is 182 Å². The first-order chi connectivity index (χ1) is 36.7. The lowest BCUT2D eigenvalue weighted by Gasteiger charge is -2.31. The van der Waals surface area contributed by atoms with E-state index >= 15 is 0 Å². The van der Waals surface area contributed by atoms with E-state index in [0.29, 0.717) is 17.6 Å². The van der Waals surface area contributed by atoms with Gasteiger partial charge in [-0.05, 0) is 154 Å². The molecule has 346 valence electrons. The van der Waals surface area contributed by atoms with Crippen LogP contribution in [0.1, 0.15) is 57.3 Å². The first-order valence-corrected chi connectivity index (χ1v) is 25.7. The van der Waals surface area contributed by atoms with Crippen molar-refractivity contribution in [2.24, 2.45) is 11.8 Å². The minimum absolute atomic E-state index is 0.188. The third kappa shape index (κ3) is 5.82. The predicted molar refractivity (Wildman–Crippen MR) is 294 cm³/mol. The summed E-state index contributed by atoms with van der Waals surface area (Å²) < 4.78 is 0. The molecule has 0 radical (unpaired) electrons. The maximum Gasteiger partial charge on any atom is 0.163 e. The number of rotatable bonds is 6. The maximum absolute atomic E-state index is 4.81. The molecule has 0 amide bonds. The lowest BCUT2D eigenvalue weighted by molar-refractivity contribution is 0.626. The first kappa shape index (κ1) is 41.4. The van der Waals surface area contributed by atoms with Gasteiger partial charge in [0.25, 0.3) is 0 Å². The van der Waals surface area contributed by atoms with Crippen molar-refractivity contribution in [3.63, 3.8) is 0 Å². The lowest BCUT2D eigenvalue weighted by atomic mass is 9.72. The van der Waals surface area contributed by atoms with E-state index in [4.69, 9.17) is 19.9 Å². The molecule has 0 N–H and O–H groups in total. The summed E-state index contributed by atoms with van der Waals surface area (Å²) in [4.78, 5) is 27.7. The highest BCUT2D eigenvalue weighted by Crippen LogP contribution is 2.65. The van der Waals surface area contributed by atoms with E-state index in [1.54, 1.807) is 25.3 Å². The van der Waals surface area contributed by atoms with Crippen molar-refractivity contribution in [2.75, 3.05) is 0 Å². The number of fused-ring (bicyclic) bond motifs is 11. The first-order valence-electron chi connectivity index (χ1n) is 25.7. The van der Waals surface area contributed by atoms with Gasteiger partial charge in [-0.3, -0.25) is 0 Å². The Morgan fingerprint density at radius 2 is 1.08 bits per heavy atom. The van der Waals surface area contributed by atoms with Crippen LogP contribution in [0.4, 0.5) is 0 Å². The van der Waals surface area contributed by atoms with E-state index < -0.39 is 0 Å². The fourth-order valence-electron chi connectivity index (χ4n) is 13.9.